The highest BCUT2D eigenvalue weighted by molar-refractivity contribution is 6.36. The number of anilines is 1. The second-order valence-electron chi connectivity index (χ2n) is 5.51. The van der Waals surface area contributed by atoms with Crippen LogP contribution in [-0.4, -0.2) is 49.2 Å². The summed E-state index contributed by atoms with van der Waals surface area (Å²) < 4.78 is 4.98. The first-order valence-electron chi connectivity index (χ1n) is 7.89. The van der Waals surface area contributed by atoms with Gasteiger partial charge in [-0.3, -0.25) is 4.79 Å². The smallest absolute Gasteiger partial charge is 0.409 e. The summed E-state index contributed by atoms with van der Waals surface area (Å²) in [4.78, 5) is 25.3. The van der Waals surface area contributed by atoms with Crippen molar-refractivity contribution in [2.45, 2.75) is 25.8 Å². The maximum Gasteiger partial charge on any atom is 0.409 e. The van der Waals surface area contributed by atoms with Crippen LogP contribution in [0.5, 0.6) is 0 Å². The van der Waals surface area contributed by atoms with Gasteiger partial charge in [0.2, 0.25) is 5.91 Å². The summed E-state index contributed by atoms with van der Waals surface area (Å²) in [6.45, 7) is 3.60. The molecular weight excluding hydrogens is 353 g/mol. The van der Waals surface area contributed by atoms with Gasteiger partial charge in [0.25, 0.3) is 0 Å². The van der Waals surface area contributed by atoms with Crippen LogP contribution in [0.3, 0.4) is 0 Å². The van der Waals surface area contributed by atoms with E-state index in [0.29, 0.717) is 35.4 Å². The van der Waals surface area contributed by atoms with Gasteiger partial charge in [-0.1, -0.05) is 23.2 Å². The summed E-state index contributed by atoms with van der Waals surface area (Å²) in [5, 5.41) is 6.87. The molecule has 1 heterocycles. The summed E-state index contributed by atoms with van der Waals surface area (Å²) in [7, 11) is 0. The minimum absolute atomic E-state index is 0.174. The van der Waals surface area contributed by atoms with Crippen molar-refractivity contribution in [1.82, 2.24) is 10.2 Å². The molecule has 2 N–H and O–H groups in total. The Morgan fingerprint density at radius 2 is 2.00 bits per heavy atom. The molecule has 1 aliphatic rings. The monoisotopic (exact) mass is 373 g/mol. The molecule has 0 radical (unpaired) electrons. The van der Waals surface area contributed by atoms with Crippen molar-refractivity contribution in [2.24, 2.45) is 0 Å². The summed E-state index contributed by atoms with van der Waals surface area (Å²) in [5.41, 5.74) is 0.532. The molecule has 0 bridgehead atoms. The minimum atomic E-state index is -0.272. The molecule has 0 aromatic heterocycles. The van der Waals surface area contributed by atoms with Crippen LogP contribution in [0, 0.1) is 0 Å². The number of nitrogens with one attached hydrogen (secondary N) is 2. The zero-order chi connectivity index (χ0) is 17.5. The van der Waals surface area contributed by atoms with Crippen LogP contribution < -0.4 is 10.6 Å². The lowest BCUT2D eigenvalue weighted by molar-refractivity contribution is -0.115. The quantitative estimate of drug-likeness (QED) is 0.831. The molecule has 24 heavy (non-hydrogen) atoms. The number of carbonyl (C=O) groups excluding carboxylic acids is 2. The fraction of sp³-hybridized carbons (Fsp3) is 0.500. The van der Waals surface area contributed by atoms with Gasteiger partial charge in [0.05, 0.1) is 23.9 Å². The van der Waals surface area contributed by atoms with E-state index in [0.717, 1.165) is 12.8 Å². The van der Waals surface area contributed by atoms with Crippen LogP contribution in [0.25, 0.3) is 0 Å². The molecule has 0 unspecified atom stereocenters. The highest BCUT2D eigenvalue weighted by atomic mass is 35.5. The number of ether oxygens (including phenoxy) is 1. The molecule has 132 valence electrons. The Bertz CT molecular complexity index is 590. The Kier molecular flexibility index (Phi) is 7.15. The molecule has 0 saturated carbocycles. The average Bonchev–Trinajstić information content (AvgIpc) is 2.56. The average molecular weight is 374 g/mol. The van der Waals surface area contributed by atoms with Crippen molar-refractivity contribution in [1.29, 1.82) is 0 Å². The van der Waals surface area contributed by atoms with Crippen molar-refractivity contribution >= 4 is 40.9 Å². The molecule has 8 heteroatoms. The van der Waals surface area contributed by atoms with Gasteiger partial charge in [0.1, 0.15) is 0 Å². The maximum atomic E-state index is 12.0. The molecule has 0 atom stereocenters. The third-order valence-corrected chi connectivity index (χ3v) is 4.33. The van der Waals surface area contributed by atoms with Crippen LogP contribution in [0.1, 0.15) is 19.8 Å². The van der Waals surface area contributed by atoms with Gasteiger partial charge in [-0.2, -0.15) is 0 Å². The molecule has 1 saturated heterocycles. The third-order valence-electron chi connectivity index (χ3n) is 3.78. The Morgan fingerprint density at radius 3 is 2.62 bits per heavy atom. The molecule has 1 aromatic carbocycles. The fourth-order valence-electron chi connectivity index (χ4n) is 2.50. The van der Waals surface area contributed by atoms with Gasteiger partial charge in [0, 0.05) is 24.2 Å². The van der Waals surface area contributed by atoms with Crippen molar-refractivity contribution < 1.29 is 14.3 Å². The number of likely N-dealkylation sites (tertiary alicyclic amines) is 1. The first kappa shape index (κ1) is 18.8. The van der Waals surface area contributed by atoms with Crippen molar-refractivity contribution in [3.05, 3.63) is 28.2 Å². The van der Waals surface area contributed by atoms with E-state index in [-0.39, 0.29) is 24.6 Å². The Labute approximate surface area is 151 Å². The van der Waals surface area contributed by atoms with Gasteiger partial charge >= 0.3 is 6.09 Å². The van der Waals surface area contributed by atoms with Crippen LogP contribution in [0.4, 0.5) is 10.5 Å². The number of hydrogen-bond acceptors (Lipinski definition) is 4. The van der Waals surface area contributed by atoms with Gasteiger partial charge in [0.15, 0.2) is 0 Å². The van der Waals surface area contributed by atoms with Crippen LogP contribution in [-0.2, 0) is 9.53 Å². The highest BCUT2D eigenvalue weighted by Gasteiger charge is 2.23. The number of hydrogen-bond donors (Lipinski definition) is 2. The molecule has 1 fully saturated rings. The number of piperidine rings is 1. The third kappa shape index (κ3) is 5.54. The van der Waals surface area contributed by atoms with Gasteiger partial charge in [-0.25, -0.2) is 4.79 Å². The van der Waals surface area contributed by atoms with Crippen LogP contribution >= 0.6 is 23.2 Å². The first-order chi connectivity index (χ1) is 11.5. The van der Waals surface area contributed by atoms with Gasteiger partial charge in [-0.15, -0.1) is 0 Å². The number of carbonyl (C=O) groups is 2. The molecule has 0 aliphatic carbocycles. The van der Waals surface area contributed by atoms with Crippen molar-refractivity contribution in [3.8, 4) is 0 Å². The van der Waals surface area contributed by atoms with Crippen molar-refractivity contribution in [3.63, 3.8) is 0 Å². The second-order valence-corrected chi connectivity index (χ2v) is 6.36. The number of halogens is 2. The molecule has 0 spiro atoms. The molecule has 2 rings (SSSR count). The lowest BCUT2D eigenvalue weighted by Crippen LogP contribution is -2.46. The predicted molar refractivity (Wildman–Crippen MR) is 94.7 cm³/mol. The molecule has 1 aromatic rings. The van der Waals surface area contributed by atoms with Crippen molar-refractivity contribution in [2.75, 3.05) is 31.6 Å². The Balaban J connectivity index is 1.72. The summed E-state index contributed by atoms with van der Waals surface area (Å²) in [5.74, 6) is -0.174. The molecule has 6 nitrogen and oxygen atoms in total. The lowest BCUT2D eigenvalue weighted by atomic mass is 10.1. The normalized spacial score (nSPS) is 15.2. The van der Waals surface area contributed by atoms with E-state index in [2.05, 4.69) is 10.6 Å². The Hall–Kier alpha value is -1.50. The molecule has 1 aliphatic heterocycles. The van der Waals surface area contributed by atoms with Gasteiger partial charge in [-0.05, 0) is 38.0 Å². The SMILES string of the molecule is CCOC(=O)N1CCC(NCC(=O)Nc2ccc(Cl)cc2Cl)CC1. The maximum absolute atomic E-state index is 12.0. The van der Waals surface area contributed by atoms with E-state index in [1.165, 1.54) is 0 Å². The first-order valence-corrected chi connectivity index (χ1v) is 8.65. The van der Waals surface area contributed by atoms with E-state index in [1.807, 2.05) is 0 Å². The van der Waals surface area contributed by atoms with Crippen LogP contribution in [0.2, 0.25) is 10.0 Å². The Morgan fingerprint density at radius 1 is 1.29 bits per heavy atom. The zero-order valence-electron chi connectivity index (χ0n) is 13.5. The number of nitrogens with zero attached hydrogens (tertiary/aromatic N) is 1. The van der Waals surface area contributed by atoms with E-state index >= 15 is 0 Å². The standard InChI is InChI=1S/C16H21Cl2N3O3/c1-2-24-16(23)21-7-5-12(6-8-21)19-10-15(22)20-14-4-3-11(17)9-13(14)18/h3-4,9,12,19H,2,5-8,10H2,1H3,(H,20,22). The van der Waals surface area contributed by atoms with E-state index in [9.17, 15) is 9.59 Å². The van der Waals surface area contributed by atoms with Gasteiger partial charge < -0.3 is 20.3 Å². The second kappa shape index (κ2) is 9.11. The number of rotatable bonds is 5. The summed E-state index contributed by atoms with van der Waals surface area (Å²) in [6.07, 6.45) is 1.30. The molecular formula is C16H21Cl2N3O3. The van der Waals surface area contributed by atoms with E-state index in [4.69, 9.17) is 27.9 Å². The lowest BCUT2D eigenvalue weighted by Gasteiger charge is -2.31. The predicted octanol–water partition coefficient (Wildman–Crippen LogP) is 3.14. The minimum Gasteiger partial charge on any atom is -0.450 e. The topological polar surface area (TPSA) is 70.7 Å². The largest absolute Gasteiger partial charge is 0.450 e. The van der Waals surface area contributed by atoms with E-state index in [1.54, 1.807) is 30.0 Å². The zero-order valence-corrected chi connectivity index (χ0v) is 15.0. The summed E-state index contributed by atoms with van der Waals surface area (Å²) >= 11 is 11.8. The summed E-state index contributed by atoms with van der Waals surface area (Å²) in [6, 6.07) is 5.11. The molecule has 2 amide bonds. The fourth-order valence-corrected chi connectivity index (χ4v) is 2.96. The van der Waals surface area contributed by atoms with E-state index < -0.39 is 0 Å². The number of benzene rings is 1. The van der Waals surface area contributed by atoms with Crippen LogP contribution in [0.15, 0.2) is 18.2 Å². The highest BCUT2D eigenvalue weighted by Crippen LogP contribution is 2.25. The number of amides is 2.